The molecule has 0 fully saturated rings. The van der Waals surface area contributed by atoms with E-state index in [1.807, 2.05) is 56.0 Å². The van der Waals surface area contributed by atoms with E-state index >= 15 is 0 Å². The molecule has 0 spiro atoms. The number of nitrogens with two attached hydrogens (primary N) is 1. The number of ether oxygens (including phenoxy) is 1. The zero-order chi connectivity index (χ0) is 24.0. The van der Waals surface area contributed by atoms with Crippen LogP contribution in [0.2, 0.25) is 0 Å². The molecule has 33 heavy (non-hydrogen) atoms. The van der Waals surface area contributed by atoms with E-state index in [1.165, 1.54) is 11.1 Å². The first kappa shape index (κ1) is 25.2. The van der Waals surface area contributed by atoms with Gasteiger partial charge in [0, 0.05) is 19.5 Å². The molecule has 182 valence electrons. The average molecular weight is 460 g/mol. The van der Waals surface area contributed by atoms with E-state index in [4.69, 9.17) is 15.3 Å². The summed E-state index contributed by atoms with van der Waals surface area (Å²) in [5, 5.41) is 11.1. The summed E-state index contributed by atoms with van der Waals surface area (Å²) in [5.74, 6) is -0.232. The Morgan fingerprint density at radius 2 is 1.85 bits per heavy atom. The number of carbonyl (C=O) groups is 2. The van der Waals surface area contributed by atoms with Gasteiger partial charge in [0.15, 0.2) is 0 Å². The number of hydrogen-bond donors (Lipinski definition) is 3. The van der Waals surface area contributed by atoms with Crippen LogP contribution < -0.4 is 11.2 Å². The molecule has 1 aliphatic heterocycles. The van der Waals surface area contributed by atoms with Gasteiger partial charge in [-0.1, -0.05) is 41.5 Å². The third-order valence-corrected chi connectivity index (χ3v) is 6.14. The molecule has 0 radical (unpaired) electrons. The molecule has 1 aromatic carbocycles. The number of benzene rings is 1. The van der Waals surface area contributed by atoms with Crippen LogP contribution >= 0.6 is 0 Å². The van der Waals surface area contributed by atoms with E-state index < -0.39 is 29.9 Å². The topological polar surface area (TPSA) is 114 Å². The van der Waals surface area contributed by atoms with E-state index in [9.17, 15) is 14.7 Å². The molecule has 0 aromatic heterocycles. The summed E-state index contributed by atoms with van der Waals surface area (Å²) in [4.78, 5) is 32.1. The Morgan fingerprint density at radius 3 is 2.48 bits per heavy atom. The van der Waals surface area contributed by atoms with E-state index in [0.29, 0.717) is 19.4 Å². The predicted molar refractivity (Wildman–Crippen MR) is 125 cm³/mol. The summed E-state index contributed by atoms with van der Waals surface area (Å²) in [6, 6.07) is 9.02. The highest BCUT2D eigenvalue weighted by atomic mass is 16.7. The molecule has 2 amide bonds. The number of β-amino-alcohol motifs (C(OH)–C–C–N with tert-alkyl or cyclic N) is 1. The standard InChI is InChI=1S/C25H37N3O5/c1-25(2,3)33-27-23(30)20-14-18-11-7-8-12-19(18)15-28(20)16-21(29)22(32-24(26)31)13-17-9-5-4-6-10-17/h4-6,9-10,20-22,29H,7-8,11-16H2,1-3H3,(H2,26,31)(H,27,30). The number of aliphatic hydroxyl groups is 1. The van der Waals surface area contributed by atoms with E-state index in [2.05, 4.69) is 5.48 Å². The highest BCUT2D eigenvalue weighted by Crippen LogP contribution is 2.34. The minimum absolute atomic E-state index is 0.176. The number of hydrogen-bond acceptors (Lipinski definition) is 6. The van der Waals surface area contributed by atoms with E-state index in [0.717, 1.165) is 31.2 Å². The van der Waals surface area contributed by atoms with Crippen molar-refractivity contribution in [1.29, 1.82) is 0 Å². The van der Waals surface area contributed by atoms with Crippen LogP contribution in [-0.2, 0) is 20.8 Å². The lowest BCUT2D eigenvalue weighted by atomic mass is 9.83. The molecule has 8 nitrogen and oxygen atoms in total. The largest absolute Gasteiger partial charge is 0.443 e. The molecule has 1 aromatic rings. The maximum Gasteiger partial charge on any atom is 0.404 e. The monoisotopic (exact) mass is 459 g/mol. The molecule has 1 aliphatic carbocycles. The summed E-state index contributed by atoms with van der Waals surface area (Å²) in [6.07, 6.45) is 2.48. The summed E-state index contributed by atoms with van der Waals surface area (Å²) >= 11 is 0. The minimum atomic E-state index is -1.01. The van der Waals surface area contributed by atoms with Crippen LogP contribution in [0.1, 0.15) is 58.4 Å². The van der Waals surface area contributed by atoms with Crippen LogP contribution in [0.3, 0.4) is 0 Å². The Kier molecular flexibility index (Phi) is 8.51. The van der Waals surface area contributed by atoms with Gasteiger partial charge in [-0.2, -0.15) is 0 Å². The number of primary amides is 1. The SMILES string of the molecule is CC(C)(C)ONC(=O)C1CC2=C(CCCC2)CN1CC(O)C(Cc1ccccc1)OC(N)=O. The van der Waals surface area contributed by atoms with Crippen molar-refractivity contribution in [3.63, 3.8) is 0 Å². The number of aliphatic hydroxyl groups excluding tert-OH is 1. The second-order valence-corrected chi connectivity index (χ2v) is 9.98. The fourth-order valence-corrected chi connectivity index (χ4v) is 4.52. The number of hydroxylamine groups is 1. The van der Waals surface area contributed by atoms with Gasteiger partial charge in [0.1, 0.15) is 12.2 Å². The van der Waals surface area contributed by atoms with Gasteiger partial charge in [-0.3, -0.25) is 14.5 Å². The molecule has 0 bridgehead atoms. The summed E-state index contributed by atoms with van der Waals surface area (Å²) in [5.41, 5.74) is 11.0. The van der Waals surface area contributed by atoms with Crippen LogP contribution in [0.25, 0.3) is 0 Å². The Balaban J connectivity index is 1.76. The second-order valence-electron chi connectivity index (χ2n) is 9.98. The first-order valence-corrected chi connectivity index (χ1v) is 11.7. The molecule has 8 heteroatoms. The molecule has 0 saturated carbocycles. The summed E-state index contributed by atoms with van der Waals surface area (Å²) in [6.45, 7) is 6.39. The van der Waals surface area contributed by atoms with Gasteiger partial charge in [0.2, 0.25) is 0 Å². The number of amides is 2. The number of rotatable bonds is 8. The Hall–Kier alpha value is -2.42. The van der Waals surface area contributed by atoms with Crippen molar-refractivity contribution in [2.24, 2.45) is 5.73 Å². The van der Waals surface area contributed by atoms with Crippen molar-refractivity contribution in [2.45, 2.75) is 83.1 Å². The maximum absolute atomic E-state index is 13.1. The minimum Gasteiger partial charge on any atom is -0.443 e. The van der Waals surface area contributed by atoms with Crippen molar-refractivity contribution in [1.82, 2.24) is 10.4 Å². The number of carbonyl (C=O) groups excluding carboxylic acids is 2. The van der Waals surface area contributed by atoms with Gasteiger partial charge >= 0.3 is 6.09 Å². The van der Waals surface area contributed by atoms with Crippen molar-refractivity contribution in [3.05, 3.63) is 47.0 Å². The molecule has 3 unspecified atom stereocenters. The molecule has 4 N–H and O–H groups in total. The second kappa shape index (κ2) is 11.1. The molecule has 3 atom stereocenters. The molecular weight excluding hydrogens is 422 g/mol. The quantitative estimate of drug-likeness (QED) is 0.407. The molecule has 0 saturated heterocycles. The summed E-state index contributed by atoms with van der Waals surface area (Å²) in [7, 11) is 0. The average Bonchev–Trinajstić information content (AvgIpc) is 2.76. The van der Waals surface area contributed by atoms with Gasteiger partial charge in [-0.25, -0.2) is 10.3 Å². The third-order valence-electron chi connectivity index (χ3n) is 6.14. The molecule has 2 aliphatic rings. The third kappa shape index (κ3) is 7.55. The van der Waals surface area contributed by atoms with Crippen molar-refractivity contribution in [3.8, 4) is 0 Å². The zero-order valence-corrected chi connectivity index (χ0v) is 19.9. The number of nitrogens with one attached hydrogen (secondary N) is 1. The Morgan fingerprint density at radius 1 is 1.18 bits per heavy atom. The van der Waals surface area contributed by atoms with Crippen LogP contribution in [0.15, 0.2) is 41.5 Å². The highest BCUT2D eigenvalue weighted by molar-refractivity contribution is 5.81. The molecule has 1 heterocycles. The van der Waals surface area contributed by atoms with Crippen LogP contribution in [-0.4, -0.2) is 58.9 Å². The summed E-state index contributed by atoms with van der Waals surface area (Å²) < 4.78 is 5.28. The maximum atomic E-state index is 13.1. The van der Waals surface area contributed by atoms with Crippen molar-refractivity contribution in [2.75, 3.05) is 13.1 Å². The van der Waals surface area contributed by atoms with Crippen molar-refractivity contribution >= 4 is 12.0 Å². The lowest BCUT2D eigenvalue weighted by Gasteiger charge is -2.40. The van der Waals surface area contributed by atoms with Crippen molar-refractivity contribution < 1.29 is 24.3 Å². The molecular formula is C25H37N3O5. The van der Waals surface area contributed by atoms with Crippen LogP contribution in [0, 0.1) is 0 Å². The fourth-order valence-electron chi connectivity index (χ4n) is 4.52. The lowest BCUT2D eigenvalue weighted by Crippen LogP contribution is -2.55. The Labute approximate surface area is 196 Å². The fraction of sp³-hybridized carbons (Fsp3) is 0.600. The van der Waals surface area contributed by atoms with Gasteiger partial charge in [0.25, 0.3) is 5.91 Å². The van der Waals surface area contributed by atoms with Crippen LogP contribution in [0.5, 0.6) is 0 Å². The van der Waals surface area contributed by atoms with E-state index in [-0.39, 0.29) is 12.5 Å². The zero-order valence-electron chi connectivity index (χ0n) is 19.9. The van der Waals surface area contributed by atoms with Gasteiger partial charge in [0.05, 0.1) is 11.6 Å². The van der Waals surface area contributed by atoms with Gasteiger partial charge < -0.3 is 15.6 Å². The lowest BCUT2D eigenvalue weighted by molar-refractivity contribution is -0.152. The van der Waals surface area contributed by atoms with Gasteiger partial charge in [-0.05, 0) is 58.4 Å². The molecule has 3 rings (SSSR count). The highest BCUT2D eigenvalue weighted by Gasteiger charge is 2.37. The van der Waals surface area contributed by atoms with E-state index in [1.54, 1.807) is 0 Å². The number of nitrogens with zero attached hydrogens (tertiary/aromatic N) is 1. The first-order valence-electron chi connectivity index (χ1n) is 11.7. The Bertz CT molecular complexity index is 849. The first-order chi connectivity index (χ1) is 15.6. The normalized spacial score (nSPS) is 21.2. The smallest absolute Gasteiger partial charge is 0.404 e. The predicted octanol–water partition coefficient (Wildman–Crippen LogP) is 2.85. The van der Waals surface area contributed by atoms with Crippen LogP contribution in [0.4, 0.5) is 4.79 Å². The van der Waals surface area contributed by atoms with Gasteiger partial charge in [-0.15, -0.1) is 0 Å².